The summed E-state index contributed by atoms with van der Waals surface area (Å²) in [7, 11) is -3.47. The van der Waals surface area contributed by atoms with Gasteiger partial charge < -0.3 is 15.0 Å². The van der Waals surface area contributed by atoms with E-state index in [0.717, 1.165) is 11.8 Å². The molecular weight excluding hydrogens is 430 g/mol. The molecule has 2 atom stereocenters. The normalized spacial score (nSPS) is 21.4. The van der Waals surface area contributed by atoms with E-state index in [4.69, 9.17) is 4.74 Å². The van der Waals surface area contributed by atoms with E-state index in [1.165, 1.54) is 12.1 Å². The SMILES string of the molecule is CS(=O)(=O)N[C@H]1CCN2C(=O)NCc3ccc(C(F)F)c(n3)Oc3cccc(c3)C[C@@H]12. The monoisotopic (exact) mass is 452 g/mol. The van der Waals surface area contributed by atoms with Crippen LogP contribution in [0.1, 0.15) is 29.7 Å². The Bertz CT molecular complexity index is 1100. The summed E-state index contributed by atoms with van der Waals surface area (Å²) in [4.78, 5) is 18.6. The summed E-state index contributed by atoms with van der Waals surface area (Å²) in [5, 5.41) is 2.74. The van der Waals surface area contributed by atoms with Crippen LogP contribution in [0.15, 0.2) is 36.4 Å². The van der Waals surface area contributed by atoms with Gasteiger partial charge in [-0.25, -0.2) is 31.7 Å². The molecule has 0 saturated carbocycles. The Morgan fingerprint density at radius 3 is 2.84 bits per heavy atom. The molecule has 8 nitrogen and oxygen atoms in total. The lowest BCUT2D eigenvalue weighted by Crippen LogP contribution is -2.50. The van der Waals surface area contributed by atoms with Gasteiger partial charge in [-0.05, 0) is 42.7 Å². The number of amides is 2. The maximum Gasteiger partial charge on any atom is 0.318 e. The van der Waals surface area contributed by atoms with Crippen LogP contribution in [0.2, 0.25) is 0 Å². The van der Waals surface area contributed by atoms with Crippen LogP contribution in [0.5, 0.6) is 11.6 Å². The quantitative estimate of drug-likeness (QED) is 0.746. The van der Waals surface area contributed by atoms with Crippen LogP contribution < -0.4 is 14.8 Å². The zero-order chi connectivity index (χ0) is 22.2. The topological polar surface area (TPSA) is 101 Å². The molecule has 4 bridgehead atoms. The first-order chi connectivity index (χ1) is 14.7. The molecule has 2 aliphatic rings. The first-order valence-corrected chi connectivity index (χ1v) is 11.7. The summed E-state index contributed by atoms with van der Waals surface area (Å²) in [6.07, 6.45) is -0.835. The fourth-order valence-electron chi connectivity index (χ4n) is 3.96. The van der Waals surface area contributed by atoms with Crippen molar-refractivity contribution in [2.24, 2.45) is 0 Å². The van der Waals surface area contributed by atoms with Gasteiger partial charge in [0, 0.05) is 12.6 Å². The number of alkyl halides is 2. The van der Waals surface area contributed by atoms with E-state index < -0.39 is 28.5 Å². The molecule has 0 radical (unpaired) electrons. The molecule has 2 N–H and O–H groups in total. The van der Waals surface area contributed by atoms with Crippen molar-refractivity contribution in [1.29, 1.82) is 0 Å². The number of carbonyl (C=O) groups is 1. The smallest absolute Gasteiger partial charge is 0.318 e. The number of nitrogens with zero attached hydrogens (tertiary/aromatic N) is 2. The molecule has 2 aromatic rings. The summed E-state index contributed by atoms with van der Waals surface area (Å²) in [5.74, 6) is 0.120. The standard InChI is InChI=1S/C20H22F2N4O4S/c1-31(28,29)25-16-7-8-26-17(16)10-12-3-2-4-14(9-12)30-19-15(18(21)22)6-5-13(24-19)11-23-20(26)27/h2-6,9,16-18,25H,7-8,10-11H2,1H3,(H,23,27)/t16-,17-/m0/s1. The highest BCUT2D eigenvalue weighted by molar-refractivity contribution is 7.88. The van der Waals surface area contributed by atoms with Crippen molar-refractivity contribution in [2.75, 3.05) is 12.8 Å². The number of rotatable bonds is 3. The molecule has 3 heterocycles. The van der Waals surface area contributed by atoms with Crippen LogP contribution in [0, 0.1) is 0 Å². The second-order valence-corrected chi connectivity index (χ2v) is 9.44. The predicted molar refractivity (Wildman–Crippen MR) is 109 cm³/mol. The maximum atomic E-state index is 13.4. The Balaban J connectivity index is 1.73. The minimum absolute atomic E-state index is 0.0175. The number of benzene rings is 1. The second-order valence-electron chi connectivity index (χ2n) is 7.66. The maximum absolute atomic E-state index is 13.4. The number of ether oxygens (including phenoxy) is 1. The van der Waals surface area contributed by atoms with Gasteiger partial charge in [-0.3, -0.25) is 0 Å². The van der Waals surface area contributed by atoms with Crippen LogP contribution in [0.25, 0.3) is 0 Å². The number of hydrogen-bond donors (Lipinski definition) is 2. The molecule has 0 aliphatic carbocycles. The molecule has 31 heavy (non-hydrogen) atoms. The Morgan fingerprint density at radius 1 is 1.29 bits per heavy atom. The van der Waals surface area contributed by atoms with Crippen LogP contribution in [0.4, 0.5) is 13.6 Å². The molecule has 1 aromatic heterocycles. The Labute approximate surface area is 178 Å². The van der Waals surface area contributed by atoms with E-state index in [1.54, 1.807) is 23.1 Å². The van der Waals surface area contributed by atoms with Gasteiger partial charge in [-0.2, -0.15) is 0 Å². The molecule has 0 unspecified atom stereocenters. The third-order valence-electron chi connectivity index (χ3n) is 5.33. The average molecular weight is 452 g/mol. The highest BCUT2D eigenvalue weighted by Gasteiger charge is 2.38. The van der Waals surface area contributed by atoms with Crippen LogP contribution in [-0.4, -0.2) is 49.2 Å². The molecule has 2 amide bonds. The number of hydrogen-bond acceptors (Lipinski definition) is 5. The summed E-state index contributed by atoms with van der Waals surface area (Å²) in [5.41, 5.74) is 0.801. The van der Waals surface area contributed by atoms with Gasteiger partial charge >= 0.3 is 6.03 Å². The fraction of sp³-hybridized carbons (Fsp3) is 0.400. The number of carbonyl (C=O) groups excluding carboxylic acids is 1. The minimum atomic E-state index is -3.47. The summed E-state index contributed by atoms with van der Waals surface area (Å²) >= 11 is 0. The van der Waals surface area contributed by atoms with Crippen molar-refractivity contribution >= 4 is 16.1 Å². The fourth-order valence-corrected chi connectivity index (χ4v) is 4.79. The molecule has 166 valence electrons. The first kappa shape index (κ1) is 21.4. The van der Waals surface area contributed by atoms with Gasteiger partial charge in [0.25, 0.3) is 6.43 Å². The predicted octanol–water partition coefficient (Wildman–Crippen LogP) is 2.57. The molecule has 4 rings (SSSR count). The lowest BCUT2D eigenvalue weighted by atomic mass is 10.0. The Morgan fingerprint density at radius 2 is 2.10 bits per heavy atom. The van der Waals surface area contributed by atoms with E-state index in [0.29, 0.717) is 30.8 Å². The van der Waals surface area contributed by atoms with Gasteiger partial charge in [-0.1, -0.05) is 12.1 Å². The van der Waals surface area contributed by atoms with Crippen molar-refractivity contribution in [3.8, 4) is 11.6 Å². The van der Waals surface area contributed by atoms with Crippen LogP contribution in [0.3, 0.4) is 0 Å². The number of aromatic nitrogens is 1. The van der Waals surface area contributed by atoms with Crippen molar-refractivity contribution in [3.63, 3.8) is 0 Å². The van der Waals surface area contributed by atoms with E-state index >= 15 is 0 Å². The number of pyridine rings is 1. The molecule has 1 saturated heterocycles. The number of halogens is 2. The van der Waals surface area contributed by atoms with E-state index in [2.05, 4.69) is 15.0 Å². The highest BCUT2D eigenvalue weighted by Crippen LogP contribution is 2.32. The van der Waals surface area contributed by atoms with Gasteiger partial charge in [0.05, 0.1) is 30.1 Å². The van der Waals surface area contributed by atoms with Crippen molar-refractivity contribution in [2.45, 2.75) is 37.9 Å². The van der Waals surface area contributed by atoms with Gasteiger partial charge in [-0.15, -0.1) is 0 Å². The summed E-state index contributed by atoms with van der Waals surface area (Å²) < 4.78 is 58.8. The average Bonchev–Trinajstić information content (AvgIpc) is 3.06. The zero-order valence-corrected chi connectivity index (χ0v) is 17.5. The van der Waals surface area contributed by atoms with Crippen molar-refractivity contribution in [3.05, 3.63) is 53.2 Å². The Hall–Kier alpha value is -2.79. The second kappa shape index (κ2) is 8.39. The van der Waals surface area contributed by atoms with E-state index in [-0.39, 0.29) is 24.0 Å². The van der Waals surface area contributed by atoms with E-state index in [1.807, 2.05) is 6.07 Å². The third kappa shape index (κ3) is 4.93. The van der Waals surface area contributed by atoms with Crippen LogP contribution >= 0.6 is 0 Å². The summed E-state index contributed by atoms with van der Waals surface area (Å²) in [6.45, 7) is 0.395. The van der Waals surface area contributed by atoms with Crippen LogP contribution in [-0.2, 0) is 23.0 Å². The van der Waals surface area contributed by atoms with E-state index in [9.17, 15) is 22.0 Å². The zero-order valence-electron chi connectivity index (χ0n) is 16.7. The Kier molecular flexibility index (Phi) is 5.80. The van der Waals surface area contributed by atoms with Crippen molar-refractivity contribution in [1.82, 2.24) is 19.9 Å². The van der Waals surface area contributed by atoms with Crippen molar-refractivity contribution < 1.29 is 26.7 Å². The molecule has 2 aliphatic heterocycles. The number of sulfonamides is 1. The summed E-state index contributed by atoms with van der Waals surface area (Å²) in [6, 6.07) is 8.27. The lowest BCUT2D eigenvalue weighted by Gasteiger charge is -2.28. The molecule has 1 aromatic carbocycles. The number of fused-ring (bicyclic) bond motifs is 5. The molecule has 0 spiro atoms. The third-order valence-corrected chi connectivity index (χ3v) is 6.06. The van der Waals surface area contributed by atoms with Gasteiger partial charge in [0.1, 0.15) is 5.75 Å². The first-order valence-electron chi connectivity index (χ1n) is 9.76. The number of urea groups is 1. The largest absolute Gasteiger partial charge is 0.439 e. The molecule has 11 heteroatoms. The highest BCUT2D eigenvalue weighted by atomic mass is 32.2. The lowest BCUT2D eigenvalue weighted by molar-refractivity contribution is 0.147. The minimum Gasteiger partial charge on any atom is -0.439 e. The number of nitrogens with one attached hydrogen (secondary N) is 2. The molecular formula is C20H22F2N4O4S. The van der Waals surface area contributed by atoms with Gasteiger partial charge in [0.15, 0.2) is 0 Å². The van der Waals surface area contributed by atoms with Gasteiger partial charge in [0.2, 0.25) is 15.9 Å². The molecule has 1 fully saturated rings.